The van der Waals surface area contributed by atoms with E-state index < -0.39 is 22.0 Å². The van der Waals surface area contributed by atoms with Crippen molar-refractivity contribution in [2.24, 2.45) is 0 Å². The zero-order chi connectivity index (χ0) is 18.4. The first-order chi connectivity index (χ1) is 11.8. The van der Waals surface area contributed by atoms with Crippen molar-refractivity contribution in [2.75, 3.05) is 36.5 Å². The van der Waals surface area contributed by atoms with Gasteiger partial charge in [-0.3, -0.25) is 4.79 Å². The number of hydrogen-bond donors (Lipinski definition) is 4. The molecule has 1 heterocycles. The van der Waals surface area contributed by atoms with Crippen LogP contribution in [0.1, 0.15) is 18.1 Å². The third-order valence-electron chi connectivity index (χ3n) is 4.32. The summed E-state index contributed by atoms with van der Waals surface area (Å²) in [7, 11) is -3.14. The van der Waals surface area contributed by atoms with Crippen molar-refractivity contribution in [1.29, 1.82) is 0 Å². The van der Waals surface area contributed by atoms with E-state index in [4.69, 9.17) is 0 Å². The number of aliphatic hydroxyl groups is 1. The summed E-state index contributed by atoms with van der Waals surface area (Å²) in [5.41, 5.74) is 3.01. The topological polar surface area (TPSA) is 108 Å². The fraction of sp³-hybridized carbons (Fsp3) is 0.588. The average molecular weight is 369 g/mol. The predicted octanol–water partition coefficient (Wildman–Crippen LogP) is -0.167. The molecule has 8 heteroatoms. The van der Waals surface area contributed by atoms with Crippen molar-refractivity contribution in [2.45, 2.75) is 32.4 Å². The smallest absolute Gasteiger partial charge is 0.238 e. The Morgan fingerprint density at radius 1 is 1.28 bits per heavy atom. The van der Waals surface area contributed by atoms with Crippen LogP contribution in [-0.2, 0) is 21.1 Å². The number of hydrogen-bond acceptors (Lipinski definition) is 6. The first kappa shape index (κ1) is 19.8. The molecule has 0 saturated carbocycles. The highest BCUT2D eigenvalue weighted by atomic mass is 32.2. The molecule has 1 aromatic carbocycles. The number of para-hydroxylation sites is 1. The molecule has 1 saturated heterocycles. The Kier molecular flexibility index (Phi) is 6.95. The van der Waals surface area contributed by atoms with Crippen molar-refractivity contribution in [3.8, 4) is 0 Å². The second kappa shape index (κ2) is 8.75. The number of amides is 1. The lowest BCUT2D eigenvalue weighted by Gasteiger charge is -2.15. The van der Waals surface area contributed by atoms with Gasteiger partial charge in [-0.25, -0.2) is 8.42 Å². The Morgan fingerprint density at radius 3 is 2.68 bits per heavy atom. The summed E-state index contributed by atoms with van der Waals surface area (Å²) in [4.78, 5) is 12.1. The lowest BCUT2D eigenvalue weighted by Crippen LogP contribution is -2.43. The maximum Gasteiger partial charge on any atom is 0.238 e. The van der Waals surface area contributed by atoms with E-state index in [1.807, 2.05) is 32.0 Å². The third-order valence-corrected chi connectivity index (χ3v) is 6.04. The molecule has 1 aromatic rings. The van der Waals surface area contributed by atoms with Crippen molar-refractivity contribution >= 4 is 21.4 Å². The van der Waals surface area contributed by atoms with Crippen molar-refractivity contribution < 1.29 is 18.3 Å². The molecule has 1 amide bonds. The molecule has 2 atom stereocenters. The van der Waals surface area contributed by atoms with E-state index in [2.05, 4.69) is 16.0 Å². The minimum Gasteiger partial charge on any atom is -0.390 e. The molecule has 2 rings (SSSR count). The zero-order valence-corrected chi connectivity index (χ0v) is 15.5. The summed E-state index contributed by atoms with van der Waals surface area (Å²) >= 11 is 0. The summed E-state index contributed by atoms with van der Waals surface area (Å²) in [5, 5.41) is 18.7. The van der Waals surface area contributed by atoms with Crippen molar-refractivity contribution in [3.63, 3.8) is 0 Å². The van der Waals surface area contributed by atoms with Crippen LogP contribution >= 0.6 is 0 Å². The minimum atomic E-state index is -3.14. The summed E-state index contributed by atoms with van der Waals surface area (Å²) in [5.74, 6) is -0.342. The molecular weight excluding hydrogens is 342 g/mol. The Balaban J connectivity index is 1.70. The molecule has 0 radical (unpaired) electrons. The fourth-order valence-corrected chi connectivity index (χ4v) is 4.73. The molecule has 0 bridgehead atoms. The molecule has 1 fully saturated rings. The number of rotatable bonds is 8. The van der Waals surface area contributed by atoms with E-state index in [0.717, 1.165) is 23.2 Å². The molecule has 25 heavy (non-hydrogen) atoms. The van der Waals surface area contributed by atoms with Crippen molar-refractivity contribution in [1.82, 2.24) is 10.6 Å². The van der Waals surface area contributed by atoms with E-state index in [0.29, 0.717) is 13.1 Å². The number of anilines is 1. The van der Waals surface area contributed by atoms with E-state index in [1.54, 1.807) is 0 Å². The van der Waals surface area contributed by atoms with Crippen LogP contribution in [0.4, 0.5) is 5.69 Å². The SMILES string of the molecule is CCc1cccc(C)c1NC(=O)CNCCNC1CS(=O)(=O)CC1O. The van der Waals surface area contributed by atoms with Crippen LogP contribution in [0.3, 0.4) is 0 Å². The molecule has 1 aliphatic heterocycles. The summed E-state index contributed by atoms with van der Waals surface area (Å²) in [6.45, 7) is 5.17. The fourth-order valence-electron chi connectivity index (χ4n) is 2.96. The maximum atomic E-state index is 12.1. The molecule has 1 aliphatic rings. The van der Waals surface area contributed by atoms with Crippen LogP contribution in [-0.4, -0.2) is 62.7 Å². The molecule has 0 aromatic heterocycles. The number of carbonyl (C=O) groups excluding carboxylic acids is 1. The lowest BCUT2D eigenvalue weighted by atomic mass is 10.1. The lowest BCUT2D eigenvalue weighted by molar-refractivity contribution is -0.115. The van der Waals surface area contributed by atoms with Gasteiger partial charge in [-0.05, 0) is 24.5 Å². The van der Waals surface area contributed by atoms with Crippen LogP contribution in [0.25, 0.3) is 0 Å². The van der Waals surface area contributed by atoms with Gasteiger partial charge in [-0.2, -0.15) is 0 Å². The van der Waals surface area contributed by atoms with Gasteiger partial charge in [0.05, 0.1) is 24.2 Å². The van der Waals surface area contributed by atoms with Gasteiger partial charge in [0.2, 0.25) is 5.91 Å². The van der Waals surface area contributed by atoms with Gasteiger partial charge in [-0.15, -0.1) is 0 Å². The van der Waals surface area contributed by atoms with Crippen LogP contribution in [0, 0.1) is 6.92 Å². The summed E-state index contributed by atoms with van der Waals surface area (Å²) < 4.78 is 22.8. The van der Waals surface area contributed by atoms with Gasteiger partial charge in [0.1, 0.15) is 0 Å². The molecular formula is C17H27N3O4S. The summed E-state index contributed by atoms with van der Waals surface area (Å²) in [6.07, 6.45) is -0.0109. The van der Waals surface area contributed by atoms with Gasteiger partial charge in [-0.1, -0.05) is 25.1 Å². The van der Waals surface area contributed by atoms with Gasteiger partial charge in [0.15, 0.2) is 9.84 Å². The Labute approximate surface area is 149 Å². The summed E-state index contributed by atoms with van der Waals surface area (Å²) in [6, 6.07) is 5.51. The van der Waals surface area contributed by atoms with Crippen LogP contribution in [0.5, 0.6) is 0 Å². The number of aliphatic hydroxyl groups excluding tert-OH is 1. The standard InChI is InChI=1S/C17H27N3O4S/c1-3-13-6-4-5-12(2)17(13)20-16(22)9-18-7-8-19-14-10-25(23,24)11-15(14)21/h4-6,14-15,18-19,21H,3,7-11H2,1-2H3,(H,20,22). The van der Waals surface area contributed by atoms with Gasteiger partial charge in [0.25, 0.3) is 0 Å². The molecule has 0 spiro atoms. The first-order valence-corrected chi connectivity index (χ1v) is 10.4. The number of benzene rings is 1. The second-order valence-corrected chi connectivity index (χ2v) is 8.55. The van der Waals surface area contributed by atoms with E-state index in [1.165, 1.54) is 0 Å². The number of carbonyl (C=O) groups is 1. The van der Waals surface area contributed by atoms with Crippen molar-refractivity contribution in [3.05, 3.63) is 29.3 Å². The predicted molar refractivity (Wildman–Crippen MR) is 98.5 cm³/mol. The Hall–Kier alpha value is -1.48. The van der Waals surface area contributed by atoms with Crippen LogP contribution in [0.15, 0.2) is 18.2 Å². The molecule has 7 nitrogen and oxygen atoms in total. The first-order valence-electron chi connectivity index (χ1n) is 8.53. The number of nitrogens with one attached hydrogen (secondary N) is 3. The zero-order valence-electron chi connectivity index (χ0n) is 14.7. The van der Waals surface area contributed by atoms with E-state index in [-0.39, 0.29) is 24.0 Å². The largest absolute Gasteiger partial charge is 0.390 e. The highest BCUT2D eigenvalue weighted by Crippen LogP contribution is 2.20. The quantitative estimate of drug-likeness (QED) is 0.474. The molecule has 140 valence electrons. The second-order valence-electron chi connectivity index (χ2n) is 6.39. The van der Waals surface area contributed by atoms with Crippen LogP contribution in [0.2, 0.25) is 0 Å². The van der Waals surface area contributed by atoms with Crippen LogP contribution < -0.4 is 16.0 Å². The molecule has 2 unspecified atom stereocenters. The number of sulfone groups is 1. The Bertz CT molecular complexity index is 706. The van der Waals surface area contributed by atoms with Gasteiger partial charge < -0.3 is 21.1 Å². The highest BCUT2D eigenvalue weighted by molar-refractivity contribution is 7.91. The van der Waals surface area contributed by atoms with E-state index in [9.17, 15) is 18.3 Å². The number of aryl methyl sites for hydroxylation is 2. The maximum absolute atomic E-state index is 12.1. The van der Waals surface area contributed by atoms with Gasteiger partial charge in [0, 0.05) is 24.8 Å². The average Bonchev–Trinajstić information content (AvgIpc) is 2.81. The minimum absolute atomic E-state index is 0.0399. The molecule has 0 aliphatic carbocycles. The van der Waals surface area contributed by atoms with E-state index >= 15 is 0 Å². The Morgan fingerprint density at radius 2 is 2.04 bits per heavy atom. The third kappa shape index (κ3) is 5.78. The van der Waals surface area contributed by atoms with Gasteiger partial charge >= 0.3 is 0 Å². The molecule has 4 N–H and O–H groups in total. The highest BCUT2D eigenvalue weighted by Gasteiger charge is 2.35. The normalized spacial score (nSPS) is 22.0. The monoisotopic (exact) mass is 369 g/mol.